The molecule has 2 nitrogen and oxygen atoms in total. The van der Waals surface area contributed by atoms with E-state index >= 15 is 0 Å². The van der Waals surface area contributed by atoms with Crippen LogP contribution in [-0.2, 0) is 4.79 Å². The largest absolute Gasteiger partial charge is 0.326 e. The van der Waals surface area contributed by atoms with Crippen molar-refractivity contribution in [2.75, 3.05) is 5.32 Å². The van der Waals surface area contributed by atoms with Crippen LogP contribution in [-0.4, -0.2) is 5.91 Å². The van der Waals surface area contributed by atoms with Crippen molar-refractivity contribution in [3.05, 3.63) is 65.2 Å². The quantitative estimate of drug-likeness (QED) is 0.687. The van der Waals surface area contributed by atoms with E-state index in [4.69, 9.17) is 0 Å². The fourth-order valence-electron chi connectivity index (χ4n) is 3.06. The first-order valence-corrected chi connectivity index (χ1v) is 8.87. The number of carbonyl (C=O) groups is 1. The molecule has 0 bridgehead atoms. The topological polar surface area (TPSA) is 29.1 Å². The smallest absolute Gasteiger partial charge is 0.224 e. The predicted octanol–water partition coefficient (Wildman–Crippen LogP) is 6.07. The third-order valence-corrected chi connectivity index (χ3v) is 4.50. The summed E-state index contributed by atoms with van der Waals surface area (Å²) < 4.78 is 0. The number of hydrogen-bond donors (Lipinski definition) is 1. The number of benzene rings is 2. The predicted molar refractivity (Wildman–Crippen MR) is 103 cm³/mol. The monoisotopic (exact) mass is 323 g/mol. The molecule has 0 unspecified atom stereocenters. The summed E-state index contributed by atoms with van der Waals surface area (Å²) in [6.07, 6.45) is 0.494. The number of nitrogens with one attached hydrogen (secondary N) is 1. The van der Waals surface area contributed by atoms with Gasteiger partial charge in [0.15, 0.2) is 0 Å². The van der Waals surface area contributed by atoms with Gasteiger partial charge < -0.3 is 5.32 Å². The molecule has 1 amide bonds. The lowest BCUT2D eigenvalue weighted by Gasteiger charge is -2.21. The average Bonchev–Trinajstić information content (AvgIpc) is 2.55. The summed E-state index contributed by atoms with van der Waals surface area (Å²) >= 11 is 0. The summed E-state index contributed by atoms with van der Waals surface area (Å²) in [5.74, 6) is 1.05. The lowest BCUT2D eigenvalue weighted by Crippen LogP contribution is -2.17. The fourth-order valence-corrected chi connectivity index (χ4v) is 3.06. The summed E-state index contributed by atoms with van der Waals surface area (Å²) in [5, 5.41) is 3.20. The van der Waals surface area contributed by atoms with Gasteiger partial charge >= 0.3 is 0 Å². The van der Waals surface area contributed by atoms with Gasteiger partial charge in [-0.05, 0) is 34.4 Å². The average molecular weight is 323 g/mol. The van der Waals surface area contributed by atoms with Crippen molar-refractivity contribution < 1.29 is 4.79 Å². The zero-order chi connectivity index (χ0) is 17.7. The van der Waals surface area contributed by atoms with Crippen molar-refractivity contribution in [2.24, 2.45) is 0 Å². The molecule has 2 aromatic carbocycles. The first-order chi connectivity index (χ1) is 11.4. The molecule has 2 rings (SSSR count). The van der Waals surface area contributed by atoms with Gasteiger partial charge in [-0.3, -0.25) is 4.79 Å². The first-order valence-electron chi connectivity index (χ1n) is 8.87. The number of anilines is 1. The fraction of sp³-hybridized carbons (Fsp3) is 0.409. The van der Waals surface area contributed by atoms with Gasteiger partial charge in [-0.15, -0.1) is 0 Å². The van der Waals surface area contributed by atoms with Gasteiger partial charge in [0.25, 0.3) is 0 Å². The molecule has 0 aliphatic rings. The summed E-state index contributed by atoms with van der Waals surface area (Å²) in [5.41, 5.74) is 4.63. The summed E-state index contributed by atoms with van der Waals surface area (Å²) in [4.78, 5) is 12.6. The van der Waals surface area contributed by atoms with Gasteiger partial charge in [0.1, 0.15) is 0 Å². The van der Waals surface area contributed by atoms with Crippen molar-refractivity contribution in [1.29, 1.82) is 0 Å². The van der Waals surface area contributed by atoms with E-state index in [1.54, 1.807) is 0 Å². The minimum absolute atomic E-state index is 0.0846. The zero-order valence-electron chi connectivity index (χ0n) is 15.5. The molecule has 2 aromatic rings. The number of para-hydroxylation sites is 1. The minimum Gasteiger partial charge on any atom is -0.326 e. The van der Waals surface area contributed by atoms with E-state index in [0.717, 1.165) is 5.69 Å². The zero-order valence-corrected chi connectivity index (χ0v) is 15.5. The molecule has 0 heterocycles. The highest BCUT2D eigenvalue weighted by Crippen LogP contribution is 2.33. The molecule has 0 aliphatic carbocycles. The van der Waals surface area contributed by atoms with Gasteiger partial charge in [-0.25, -0.2) is 0 Å². The highest BCUT2D eigenvalue weighted by molar-refractivity contribution is 5.93. The van der Waals surface area contributed by atoms with Crippen molar-refractivity contribution >= 4 is 11.6 Å². The SMILES string of the molecule is CC(C)c1cccc(C(C)C)c1NC(=O)C[C@@H](C)c1ccccc1. The Morgan fingerprint density at radius 1 is 0.833 bits per heavy atom. The van der Waals surface area contributed by atoms with Crippen molar-refractivity contribution in [3.8, 4) is 0 Å². The lowest BCUT2D eigenvalue weighted by atomic mass is 9.92. The molecule has 2 heteroatoms. The van der Waals surface area contributed by atoms with Crippen LogP contribution in [0.25, 0.3) is 0 Å². The van der Waals surface area contributed by atoms with E-state index < -0.39 is 0 Å². The van der Waals surface area contributed by atoms with E-state index in [-0.39, 0.29) is 11.8 Å². The van der Waals surface area contributed by atoms with Crippen LogP contribution >= 0.6 is 0 Å². The van der Waals surface area contributed by atoms with Crippen LogP contribution < -0.4 is 5.32 Å². The second kappa shape index (κ2) is 8.14. The minimum atomic E-state index is 0.0846. The van der Waals surface area contributed by atoms with E-state index in [0.29, 0.717) is 18.3 Å². The summed E-state index contributed by atoms with van der Waals surface area (Å²) in [7, 11) is 0. The van der Waals surface area contributed by atoms with E-state index in [1.165, 1.54) is 16.7 Å². The number of carbonyl (C=O) groups excluding carboxylic acids is 1. The molecule has 0 saturated heterocycles. The molecule has 0 fully saturated rings. The summed E-state index contributed by atoms with van der Waals surface area (Å²) in [6, 6.07) is 16.5. The Morgan fingerprint density at radius 3 is 1.88 bits per heavy atom. The highest BCUT2D eigenvalue weighted by atomic mass is 16.1. The van der Waals surface area contributed by atoms with Crippen LogP contribution in [0.5, 0.6) is 0 Å². The highest BCUT2D eigenvalue weighted by Gasteiger charge is 2.17. The Kier molecular flexibility index (Phi) is 6.19. The summed E-state index contributed by atoms with van der Waals surface area (Å²) in [6.45, 7) is 10.8. The van der Waals surface area contributed by atoms with Crippen LogP contribution in [0.3, 0.4) is 0 Å². The molecule has 24 heavy (non-hydrogen) atoms. The van der Waals surface area contributed by atoms with Crippen molar-refractivity contribution in [1.82, 2.24) is 0 Å². The first kappa shape index (κ1) is 18.3. The van der Waals surface area contributed by atoms with Crippen LogP contribution in [0, 0.1) is 0 Å². The van der Waals surface area contributed by atoms with Gasteiger partial charge in [0, 0.05) is 12.1 Å². The van der Waals surface area contributed by atoms with E-state index in [1.807, 2.05) is 18.2 Å². The van der Waals surface area contributed by atoms with Crippen molar-refractivity contribution in [3.63, 3.8) is 0 Å². The Balaban J connectivity index is 2.19. The van der Waals surface area contributed by atoms with Gasteiger partial charge in [0.2, 0.25) is 5.91 Å². The van der Waals surface area contributed by atoms with Gasteiger partial charge in [0.05, 0.1) is 0 Å². The molecular formula is C22H29NO. The molecule has 0 aromatic heterocycles. The molecule has 0 saturated carbocycles. The Bertz CT molecular complexity index is 647. The van der Waals surface area contributed by atoms with Crippen LogP contribution in [0.1, 0.15) is 75.5 Å². The molecule has 0 aliphatic heterocycles. The van der Waals surface area contributed by atoms with Crippen LogP contribution in [0.4, 0.5) is 5.69 Å². The number of rotatable bonds is 6. The van der Waals surface area contributed by atoms with Crippen LogP contribution in [0.15, 0.2) is 48.5 Å². The maximum absolute atomic E-state index is 12.6. The van der Waals surface area contributed by atoms with E-state index in [9.17, 15) is 4.79 Å². The second-order valence-electron chi connectivity index (χ2n) is 7.18. The van der Waals surface area contributed by atoms with Crippen molar-refractivity contribution in [2.45, 2.75) is 58.8 Å². The molecule has 0 spiro atoms. The number of hydrogen-bond acceptors (Lipinski definition) is 1. The number of amides is 1. The Morgan fingerprint density at radius 2 is 1.38 bits per heavy atom. The molecule has 128 valence electrons. The molecular weight excluding hydrogens is 294 g/mol. The maximum Gasteiger partial charge on any atom is 0.224 e. The molecule has 0 radical (unpaired) electrons. The van der Waals surface area contributed by atoms with Gasteiger partial charge in [-0.1, -0.05) is 83.1 Å². The van der Waals surface area contributed by atoms with Gasteiger partial charge in [-0.2, -0.15) is 0 Å². The second-order valence-corrected chi connectivity index (χ2v) is 7.18. The van der Waals surface area contributed by atoms with E-state index in [2.05, 4.69) is 70.3 Å². The Labute approximate surface area is 146 Å². The molecule has 1 atom stereocenters. The Hall–Kier alpha value is -2.09. The normalized spacial score (nSPS) is 12.5. The third-order valence-electron chi connectivity index (χ3n) is 4.50. The third kappa shape index (κ3) is 4.47. The standard InChI is InChI=1S/C22H29NO/c1-15(2)19-12-9-13-20(16(3)4)22(19)23-21(24)14-17(5)18-10-7-6-8-11-18/h6-13,15-17H,14H2,1-5H3,(H,23,24)/t17-/m1/s1. The lowest BCUT2D eigenvalue weighted by molar-refractivity contribution is -0.116. The van der Waals surface area contributed by atoms with Crippen LogP contribution in [0.2, 0.25) is 0 Å². The maximum atomic E-state index is 12.6. The molecule has 1 N–H and O–H groups in total.